The molecule has 0 radical (unpaired) electrons. The smallest absolute Gasteiger partial charge is 0.436 e. The number of halogens is 4. The second-order valence-electron chi connectivity index (χ2n) is 4.91. The molecule has 1 aromatic heterocycles. The van der Waals surface area contributed by atoms with Gasteiger partial charge in [0.1, 0.15) is 11.8 Å². The number of hydrogen-bond acceptors (Lipinski definition) is 3. The number of phenolic OH excluding ortho intramolecular Hbond substituents is 1. The minimum absolute atomic E-state index is 0.0394. The number of aromatic nitrogens is 2. The molecule has 0 spiro atoms. The maximum absolute atomic E-state index is 12.8. The summed E-state index contributed by atoms with van der Waals surface area (Å²) in [4.78, 5) is 12.2. The first-order valence-electron chi connectivity index (χ1n) is 6.53. The quantitative estimate of drug-likeness (QED) is 0.888. The molecule has 0 aliphatic heterocycles. The Hall–Kier alpha value is -2.22. The van der Waals surface area contributed by atoms with E-state index in [4.69, 9.17) is 11.6 Å². The highest BCUT2D eigenvalue weighted by molar-refractivity contribution is 6.32. The Labute approximate surface area is 134 Å². The van der Waals surface area contributed by atoms with Gasteiger partial charge in [-0.15, -0.1) is 0 Å². The molecule has 124 valence electrons. The molecule has 9 heteroatoms. The van der Waals surface area contributed by atoms with Crippen LogP contribution in [0.2, 0.25) is 5.02 Å². The van der Waals surface area contributed by atoms with Crippen LogP contribution in [0.1, 0.15) is 24.4 Å². The van der Waals surface area contributed by atoms with Crippen LogP contribution in [-0.2, 0) is 11.0 Å². The van der Waals surface area contributed by atoms with Crippen molar-refractivity contribution in [2.24, 2.45) is 0 Å². The van der Waals surface area contributed by atoms with Crippen LogP contribution < -0.4 is 5.32 Å². The first-order chi connectivity index (χ1) is 10.6. The Morgan fingerprint density at radius 3 is 2.61 bits per heavy atom. The molecule has 0 saturated heterocycles. The van der Waals surface area contributed by atoms with Crippen LogP contribution in [0.4, 0.5) is 18.9 Å². The lowest BCUT2D eigenvalue weighted by molar-refractivity contribution is -0.141. The molecular weight excluding hydrogens is 335 g/mol. The summed E-state index contributed by atoms with van der Waals surface area (Å²) in [5.74, 6) is -0.639. The number of rotatable bonds is 3. The molecule has 5 nitrogen and oxygen atoms in total. The van der Waals surface area contributed by atoms with Crippen LogP contribution in [0, 0.1) is 6.92 Å². The van der Waals surface area contributed by atoms with E-state index in [1.54, 1.807) is 0 Å². The fourth-order valence-electron chi connectivity index (χ4n) is 2.00. The third-order valence-electron chi connectivity index (χ3n) is 3.21. The number of carbonyl (C=O) groups is 1. The zero-order valence-corrected chi connectivity index (χ0v) is 12.9. The molecule has 1 unspecified atom stereocenters. The molecule has 0 saturated carbocycles. The number of amides is 1. The average Bonchev–Trinajstić information content (AvgIpc) is 2.74. The van der Waals surface area contributed by atoms with E-state index in [1.807, 2.05) is 0 Å². The minimum Gasteiger partial charge on any atom is -0.508 e. The number of benzene rings is 1. The van der Waals surface area contributed by atoms with Gasteiger partial charge in [-0.25, -0.2) is 0 Å². The molecule has 2 aromatic rings. The third kappa shape index (κ3) is 3.58. The molecule has 2 rings (SSSR count). The van der Waals surface area contributed by atoms with E-state index in [-0.39, 0.29) is 11.4 Å². The molecule has 1 aromatic carbocycles. The highest BCUT2D eigenvalue weighted by Crippen LogP contribution is 2.36. The van der Waals surface area contributed by atoms with Gasteiger partial charge in [0.15, 0.2) is 5.69 Å². The third-order valence-corrected chi connectivity index (χ3v) is 3.66. The van der Waals surface area contributed by atoms with Gasteiger partial charge in [-0.05, 0) is 26.0 Å². The second kappa shape index (κ2) is 6.11. The molecule has 1 heterocycles. The van der Waals surface area contributed by atoms with E-state index in [0.717, 1.165) is 4.68 Å². The highest BCUT2D eigenvalue weighted by Gasteiger charge is 2.39. The standard InChI is InChI=1S/C14H13ClF3N3O2/c1-7-11(15)12(14(16,17)18)20-21(7)8(2)13(23)19-9-4-3-5-10(22)6-9/h3-6,8,22H,1-2H3,(H,19,23). The Morgan fingerprint density at radius 1 is 1.43 bits per heavy atom. The Kier molecular flexibility index (Phi) is 4.56. The van der Waals surface area contributed by atoms with Gasteiger partial charge in [0.2, 0.25) is 5.91 Å². The summed E-state index contributed by atoms with van der Waals surface area (Å²) in [6.45, 7) is 2.75. The van der Waals surface area contributed by atoms with Crippen LogP contribution in [-0.4, -0.2) is 20.8 Å². The summed E-state index contributed by atoms with van der Waals surface area (Å²) in [7, 11) is 0. The Morgan fingerprint density at radius 2 is 2.09 bits per heavy atom. The summed E-state index contributed by atoms with van der Waals surface area (Å²) >= 11 is 5.66. The van der Waals surface area contributed by atoms with E-state index < -0.39 is 28.8 Å². The van der Waals surface area contributed by atoms with E-state index in [9.17, 15) is 23.1 Å². The molecular formula is C14H13ClF3N3O2. The Bertz CT molecular complexity index is 743. The number of nitrogens with zero attached hydrogens (tertiary/aromatic N) is 2. The van der Waals surface area contributed by atoms with Crippen molar-refractivity contribution >= 4 is 23.2 Å². The molecule has 23 heavy (non-hydrogen) atoms. The lowest BCUT2D eigenvalue weighted by Gasteiger charge is -2.14. The van der Waals surface area contributed by atoms with Crippen molar-refractivity contribution in [2.75, 3.05) is 5.32 Å². The highest BCUT2D eigenvalue weighted by atomic mass is 35.5. The monoisotopic (exact) mass is 347 g/mol. The number of carbonyl (C=O) groups excluding carboxylic acids is 1. The first kappa shape index (κ1) is 17.1. The number of hydrogen-bond donors (Lipinski definition) is 2. The van der Waals surface area contributed by atoms with E-state index >= 15 is 0 Å². The largest absolute Gasteiger partial charge is 0.508 e. The molecule has 1 amide bonds. The predicted molar refractivity (Wildman–Crippen MR) is 78.4 cm³/mol. The van der Waals surface area contributed by atoms with Crippen LogP contribution in [0.5, 0.6) is 5.75 Å². The summed E-state index contributed by atoms with van der Waals surface area (Å²) in [5.41, 5.74) is -0.875. The molecule has 0 aliphatic carbocycles. The van der Waals surface area contributed by atoms with Gasteiger partial charge in [-0.2, -0.15) is 18.3 Å². The lowest BCUT2D eigenvalue weighted by atomic mass is 10.2. The van der Waals surface area contributed by atoms with Crippen molar-refractivity contribution in [3.63, 3.8) is 0 Å². The van der Waals surface area contributed by atoms with Gasteiger partial charge in [0.05, 0.1) is 10.7 Å². The molecule has 0 bridgehead atoms. The van der Waals surface area contributed by atoms with Crippen molar-refractivity contribution in [1.29, 1.82) is 0 Å². The molecule has 1 atom stereocenters. The van der Waals surface area contributed by atoms with Crippen LogP contribution in [0.3, 0.4) is 0 Å². The summed E-state index contributed by atoms with van der Waals surface area (Å²) < 4.78 is 39.3. The van der Waals surface area contributed by atoms with Crippen molar-refractivity contribution in [2.45, 2.75) is 26.1 Å². The number of phenols is 1. The second-order valence-corrected chi connectivity index (χ2v) is 5.28. The van der Waals surface area contributed by atoms with Crippen molar-refractivity contribution in [3.05, 3.63) is 40.7 Å². The van der Waals surface area contributed by atoms with Gasteiger partial charge in [-0.1, -0.05) is 17.7 Å². The Balaban J connectivity index is 2.26. The summed E-state index contributed by atoms with van der Waals surface area (Å²) in [6, 6.07) is 4.77. The van der Waals surface area contributed by atoms with E-state index in [0.29, 0.717) is 5.69 Å². The maximum atomic E-state index is 12.8. The molecule has 0 fully saturated rings. The normalized spacial score (nSPS) is 13.0. The molecule has 0 aliphatic rings. The van der Waals surface area contributed by atoms with Crippen LogP contribution in [0.15, 0.2) is 24.3 Å². The maximum Gasteiger partial charge on any atom is 0.436 e. The minimum atomic E-state index is -4.70. The molecule has 2 N–H and O–H groups in total. The van der Waals surface area contributed by atoms with E-state index in [1.165, 1.54) is 38.1 Å². The van der Waals surface area contributed by atoms with Gasteiger partial charge in [-0.3, -0.25) is 9.48 Å². The number of nitrogens with one attached hydrogen (secondary N) is 1. The van der Waals surface area contributed by atoms with Crippen molar-refractivity contribution < 1.29 is 23.1 Å². The average molecular weight is 348 g/mol. The van der Waals surface area contributed by atoms with Gasteiger partial charge in [0.25, 0.3) is 0 Å². The first-order valence-corrected chi connectivity index (χ1v) is 6.90. The number of anilines is 1. The SMILES string of the molecule is Cc1c(Cl)c(C(F)(F)F)nn1C(C)C(=O)Nc1cccc(O)c1. The zero-order chi connectivity index (χ0) is 17.4. The zero-order valence-electron chi connectivity index (χ0n) is 12.1. The lowest BCUT2D eigenvalue weighted by Crippen LogP contribution is -2.25. The predicted octanol–water partition coefficient (Wildman–Crippen LogP) is 3.77. The van der Waals surface area contributed by atoms with Crippen molar-refractivity contribution in [3.8, 4) is 5.75 Å². The van der Waals surface area contributed by atoms with Crippen molar-refractivity contribution in [1.82, 2.24) is 9.78 Å². The summed E-state index contributed by atoms with van der Waals surface area (Å²) in [6.07, 6.45) is -4.70. The van der Waals surface area contributed by atoms with E-state index in [2.05, 4.69) is 10.4 Å². The van der Waals surface area contributed by atoms with Gasteiger partial charge >= 0.3 is 6.18 Å². The summed E-state index contributed by atoms with van der Waals surface area (Å²) in [5, 5.41) is 14.7. The van der Waals surface area contributed by atoms with Gasteiger partial charge in [0, 0.05) is 11.8 Å². The fourth-order valence-corrected chi connectivity index (χ4v) is 2.23. The fraction of sp³-hybridized carbons (Fsp3) is 0.286. The number of aromatic hydroxyl groups is 1. The topological polar surface area (TPSA) is 67.2 Å². The van der Waals surface area contributed by atoms with Gasteiger partial charge < -0.3 is 10.4 Å². The number of alkyl halides is 3. The van der Waals surface area contributed by atoms with Crippen LogP contribution in [0.25, 0.3) is 0 Å². The van der Waals surface area contributed by atoms with Crippen LogP contribution >= 0.6 is 11.6 Å².